The van der Waals surface area contributed by atoms with Crippen LogP contribution in [0.4, 0.5) is 4.39 Å². The molecule has 0 spiro atoms. The summed E-state index contributed by atoms with van der Waals surface area (Å²) in [5, 5.41) is 0.480. The molecule has 2 aromatic carbocycles. The van der Waals surface area contributed by atoms with Crippen LogP contribution in [-0.4, -0.2) is 26.9 Å². The lowest BCUT2D eigenvalue weighted by atomic mass is 10.2. The Balaban J connectivity index is 2.34. The van der Waals surface area contributed by atoms with Crippen molar-refractivity contribution in [3.63, 3.8) is 0 Å². The number of nitrogens with zero attached hydrogens (tertiary/aromatic N) is 1. The van der Waals surface area contributed by atoms with Gasteiger partial charge in [0.15, 0.2) is 0 Å². The summed E-state index contributed by atoms with van der Waals surface area (Å²) >= 11 is 5.95. The summed E-state index contributed by atoms with van der Waals surface area (Å²) in [6.07, 6.45) is 0. The van der Waals surface area contributed by atoms with E-state index in [0.29, 0.717) is 21.9 Å². The summed E-state index contributed by atoms with van der Waals surface area (Å²) in [5.74, 6) is -0.0219. The molecule has 0 N–H and O–H groups in total. The summed E-state index contributed by atoms with van der Waals surface area (Å²) in [7, 11) is -0.899. The first kappa shape index (κ1) is 17.7. The number of benzene rings is 2. The second kappa shape index (κ2) is 6.86. The molecule has 0 bridgehead atoms. The van der Waals surface area contributed by atoms with E-state index in [-0.39, 0.29) is 11.4 Å². The van der Waals surface area contributed by atoms with Crippen molar-refractivity contribution in [1.82, 2.24) is 4.31 Å². The van der Waals surface area contributed by atoms with Gasteiger partial charge in [-0.05, 0) is 42.8 Å². The van der Waals surface area contributed by atoms with Gasteiger partial charge in [-0.1, -0.05) is 17.7 Å². The van der Waals surface area contributed by atoms with Gasteiger partial charge in [-0.2, -0.15) is 4.31 Å². The van der Waals surface area contributed by atoms with Crippen LogP contribution in [-0.2, 0) is 16.6 Å². The fourth-order valence-electron chi connectivity index (χ4n) is 2.11. The van der Waals surface area contributed by atoms with E-state index in [9.17, 15) is 12.8 Å². The van der Waals surface area contributed by atoms with Crippen LogP contribution in [0.15, 0.2) is 41.3 Å². The highest BCUT2D eigenvalue weighted by Gasteiger charge is 2.23. The first-order chi connectivity index (χ1) is 10.8. The largest absolute Gasteiger partial charge is 0.496 e. The van der Waals surface area contributed by atoms with Gasteiger partial charge in [0.05, 0.1) is 12.0 Å². The van der Waals surface area contributed by atoms with Gasteiger partial charge < -0.3 is 4.74 Å². The normalized spacial score (nSPS) is 11.7. The second-order valence-electron chi connectivity index (χ2n) is 5.13. The van der Waals surface area contributed by atoms with Gasteiger partial charge in [0.1, 0.15) is 11.6 Å². The predicted octanol–water partition coefficient (Wildman–Crippen LogP) is 3.62. The van der Waals surface area contributed by atoms with Crippen molar-refractivity contribution in [3.8, 4) is 5.75 Å². The number of ether oxygens (including phenoxy) is 1. The topological polar surface area (TPSA) is 46.6 Å². The lowest BCUT2D eigenvalue weighted by molar-refractivity contribution is 0.398. The molecular weight excluding hydrogens is 341 g/mol. The van der Waals surface area contributed by atoms with Gasteiger partial charge in [0, 0.05) is 24.2 Å². The molecule has 2 rings (SSSR count). The highest BCUT2D eigenvalue weighted by Crippen LogP contribution is 2.26. The van der Waals surface area contributed by atoms with Gasteiger partial charge in [-0.15, -0.1) is 0 Å². The highest BCUT2D eigenvalue weighted by atomic mass is 35.5. The van der Waals surface area contributed by atoms with E-state index in [1.807, 2.05) is 0 Å². The highest BCUT2D eigenvalue weighted by molar-refractivity contribution is 7.89. The molecule has 7 heteroatoms. The summed E-state index contributed by atoms with van der Waals surface area (Å²) in [6, 6.07) is 8.82. The molecule has 0 fully saturated rings. The third-order valence-corrected chi connectivity index (χ3v) is 5.52. The fraction of sp³-hybridized carbons (Fsp3) is 0.250. The molecule has 0 saturated carbocycles. The number of aryl methyl sites for hydroxylation is 1. The summed E-state index contributed by atoms with van der Waals surface area (Å²) in [5.41, 5.74) is 1.02. The molecular formula is C16H17ClFNO3S. The van der Waals surface area contributed by atoms with Gasteiger partial charge >= 0.3 is 0 Å². The maximum absolute atomic E-state index is 13.7. The fourth-order valence-corrected chi connectivity index (χ4v) is 3.47. The Morgan fingerprint density at radius 1 is 1.22 bits per heavy atom. The van der Waals surface area contributed by atoms with Gasteiger partial charge in [-0.3, -0.25) is 0 Å². The van der Waals surface area contributed by atoms with Crippen molar-refractivity contribution in [1.29, 1.82) is 0 Å². The van der Waals surface area contributed by atoms with E-state index in [1.54, 1.807) is 25.1 Å². The Labute approximate surface area is 140 Å². The van der Waals surface area contributed by atoms with Crippen LogP contribution in [0.1, 0.15) is 11.1 Å². The maximum atomic E-state index is 13.7. The standard InChI is InChI=1S/C16H17ClFNO3S/c1-11-4-6-14(9-15(11)18)23(20,21)19(2)10-12-8-13(17)5-7-16(12)22-3/h4-9H,10H2,1-3H3. The number of methoxy groups -OCH3 is 1. The number of hydrogen-bond donors (Lipinski definition) is 0. The molecule has 0 aromatic heterocycles. The average molecular weight is 358 g/mol. The van der Waals surface area contributed by atoms with E-state index in [2.05, 4.69) is 0 Å². The molecule has 0 aliphatic rings. The molecule has 4 nitrogen and oxygen atoms in total. The molecule has 0 aliphatic heterocycles. The monoisotopic (exact) mass is 357 g/mol. The zero-order valence-electron chi connectivity index (χ0n) is 13.0. The molecule has 0 amide bonds. The van der Waals surface area contributed by atoms with Gasteiger partial charge in [0.2, 0.25) is 10.0 Å². The van der Waals surface area contributed by atoms with Crippen molar-refractivity contribution in [2.24, 2.45) is 0 Å². The van der Waals surface area contributed by atoms with Crippen LogP contribution in [0.2, 0.25) is 5.02 Å². The van der Waals surface area contributed by atoms with Crippen molar-refractivity contribution < 1.29 is 17.5 Å². The average Bonchev–Trinajstić information content (AvgIpc) is 2.50. The lowest BCUT2D eigenvalue weighted by Crippen LogP contribution is -2.26. The Morgan fingerprint density at radius 3 is 2.52 bits per heavy atom. The lowest BCUT2D eigenvalue weighted by Gasteiger charge is -2.19. The van der Waals surface area contributed by atoms with E-state index < -0.39 is 15.8 Å². The molecule has 0 atom stereocenters. The minimum atomic E-state index is -3.82. The molecule has 23 heavy (non-hydrogen) atoms. The number of hydrogen-bond acceptors (Lipinski definition) is 3. The summed E-state index contributed by atoms with van der Waals surface area (Å²) < 4.78 is 45.1. The van der Waals surface area contributed by atoms with Gasteiger partial charge in [0.25, 0.3) is 0 Å². The molecule has 0 saturated heterocycles. The Kier molecular flexibility index (Phi) is 5.29. The van der Waals surface area contributed by atoms with Crippen molar-refractivity contribution in [2.45, 2.75) is 18.4 Å². The van der Waals surface area contributed by atoms with E-state index in [0.717, 1.165) is 10.4 Å². The van der Waals surface area contributed by atoms with Crippen molar-refractivity contribution in [2.75, 3.05) is 14.2 Å². The Morgan fingerprint density at radius 2 is 1.91 bits per heavy atom. The zero-order chi connectivity index (χ0) is 17.2. The third kappa shape index (κ3) is 3.83. The summed E-state index contributed by atoms with van der Waals surface area (Å²) in [4.78, 5) is -0.0934. The quantitative estimate of drug-likeness (QED) is 0.821. The summed E-state index contributed by atoms with van der Waals surface area (Å²) in [6.45, 7) is 1.63. The first-order valence-corrected chi connectivity index (χ1v) is 8.62. The van der Waals surface area contributed by atoms with Crippen LogP contribution in [0.3, 0.4) is 0 Å². The molecule has 0 unspecified atom stereocenters. The first-order valence-electron chi connectivity index (χ1n) is 6.80. The van der Waals surface area contributed by atoms with Crippen LogP contribution in [0.5, 0.6) is 5.75 Å². The van der Waals surface area contributed by atoms with Gasteiger partial charge in [-0.25, -0.2) is 12.8 Å². The second-order valence-corrected chi connectivity index (χ2v) is 7.61. The van der Waals surface area contributed by atoms with Crippen LogP contribution < -0.4 is 4.74 Å². The molecule has 124 valence electrons. The van der Waals surface area contributed by atoms with E-state index >= 15 is 0 Å². The zero-order valence-corrected chi connectivity index (χ0v) is 14.6. The molecule has 0 radical (unpaired) electrons. The van der Waals surface area contributed by atoms with E-state index in [1.165, 1.54) is 26.3 Å². The number of rotatable bonds is 5. The maximum Gasteiger partial charge on any atom is 0.243 e. The molecule has 2 aromatic rings. The minimum absolute atomic E-state index is 0.0571. The SMILES string of the molecule is COc1ccc(Cl)cc1CN(C)S(=O)(=O)c1ccc(C)c(F)c1. The predicted molar refractivity (Wildman–Crippen MR) is 87.8 cm³/mol. The number of halogens is 2. The van der Waals surface area contributed by atoms with E-state index in [4.69, 9.17) is 16.3 Å². The Bertz CT molecular complexity index is 824. The third-order valence-electron chi connectivity index (χ3n) is 3.49. The Hall–Kier alpha value is -1.63. The van der Waals surface area contributed by atoms with Crippen LogP contribution >= 0.6 is 11.6 Å². The molecule has 0 heterocycles. The van der Waals surface area contributed by atoms with Crippen LogP contribution in [0, 0.1) is 12.7 Å². The van der Waals surface area contributed by atoms with Crippen molar-refractivity contribution in [3.05, 3.63) is 58.4 Å². The smallest absolute Gasteiger partial charge is 0.243 e. The number of sulfonamides is 1. The van der Waals surface area contributed by atoms with Crippen molar-refractivity contribution >= 4 is 21.6 Å². The minimum Gasteiger partial charge on any atom is -0.496 e. The van der Waals surface area contributed by atoms with Crippen LogP contribution in [0.25, 0.3) is 0 Å². The molecule has 0 aliphatic carbocycles.